The van der Waals surface area contributed by atoms with Crippen LogP contribution in [-0.4, -0.2) is 9.67 Å². The highest BCUT2D eigenvalue weighted by Crippen LogP contribution is 2.48. The van der Waals surface area contributed by atoms with E-state index in [0.29, 0.717) is 15.6 Å². The lowest BCUT2D eigenvalue weighted by atomic mass is 9.83. The SMILES string of the molecule is CC1(C)c2ccccc2-n2c1c(Br)c(O)c(-c1ccccc1)c2=O. The first kappa shape index (κ1) is 15.2. The van der Waals surface area contributed by atoms with Gasteiger partial charge < -0.3 is 5.11 Å². The van der Waals surface area contributed by atoms with E-state index in [1.165, 1.54) is 0 Å². The minimum atomic E-state index is -0.374. The predicted molar refractivity (Wildman–Crippen MR) is 99.0 cm³/mol. The molecule has 3 nitrogen and oxygen atoms in total. The molecule has 0 saturated carbocycles. The van der Waals surface area contributed by atoms with Crippen molar-refractivity contribution in [1.82, 2.24) is 4.57 Å². The monoisotopic (exact) mass is 381 g/mol. The van der Waals surface area contributed by atoms with Crippen LogP contribution < -0.4 is 5.56 Å². The molecule has 2 heterocycles. The van der Waals surface area contributed by atoms with E-state index in [1.54, 1.807) is 4.57 Å². The fourth-order valence-electron chi connectivity index (χ4n) is 3.61. The molecule has 0 spiro atoms. The number of hydrogen-bond donors (Lipinski definition) is 1. The second-order valence-corrected chi connectivity index (χ2v) is 7.33. The third kappa shape index (κ3) is 1.86. The van der Waals surface area contributed by atoms with E-state index >= 15 is 0 Å². The zero-order valence-corrected chi connectivity index (χ0v) is 15.0. The Balaban J connectivity index is 2.17. The molecular weight excluding hydrogens is 366 g/mol. The van der Waals surface area contributed by atoms with Crippen LogP contribution in [0.2, 0.25) is 0 Å². The lowest BCUT2D eigenvalue weighted by Crippen LogP contribution is -2.25. The number of halogens is 1. The van der Waals surface area contributed by atoms with Crippen molar-refractivity contribution in [3.63, 3.8) is 0 Å². The Morgan fingerprint density at radius 1 is 1.00 bits per heavy atom. The molecule has 2 aromatic carbocycles. The van der Waals surface area contributed by atoms with Gasteiger partial charge in [0, 0.05) is 5.41 Å². The first-order valence-corrected chi connectivity index (χ1v) is 8.57. The quantitative estimate of drug-likeness (QED) is 0.668. The van der Waals surface area contributed by atoms with Crippen LogP contribution in [0.1, 0.15) is 25.1 Å². The van der Waals surface area contributed by atoms with Crippen molar-refractivity contribution in [3.8, 4) is 22.6 Å². The van der Waals surface area contributed by atoms with E-state index in [0.717, 1.165) is 16.9 Å². The number of fused-ring (bicyclic) bond motifs is 3. The number of pyridine rings is 1. The lowest BCUT2D eigenvalue weighted by Gasteiger charge is -2.22. The van der Waals surface area contributed by atoms with Crippen molar-refractivity contribution >= 4 is 15.9 Å². The molecule has 4 heteroatoms. The van der Waals surface area contributed by atoms with Crippen molar-refractivity contribution in [2.24, 2.45) is 0 Å². The molecule has 24 heavy (non-hydrogen) atoms. The van der Waals surface area contributed by atoms with Gasteiger partial charge in [-0.1, -0.05) is 62.4 Å². The summed E-state index contributed by atoms with van der Waals surface area (Å²) in [6, 6.07) is 17.2. The molecule has 1 aromatic heterocycles. The molecule has 3 aromatic rings. The van der Waals surface area contributed by atoms with Crippen LogP contribution in [0.5, 0.6) is 5.75 Å². The summed E-state index contributed by atoms with van der Waals surface area (Å²) in [6.07, 6.45) is 0. The van der Waals surface area contributed by atoms with E-state index in [2.05, 4.69) is 29.8 Å². The van der Waals surface area contributed by atoms with Crippen LogP contribution in [0.15, 0.2) is 63.9 Å². The zero-order valence-electron chi connectivity index (χ0n) is 13.4. The van der Waals surface area contributed by atoms with Crippen molar-refractivity contribution < 1.29 is 5.11 Å². The molecule has 0 amide bonds. The van der Waals surface area contributed by atoms with Crippen molar-refractivity contribution in [1.29, 1.82) is 0 Å². The molecule has 1 N–H and O–H groups in total. The van der Waals surface area contributed by atoms with Crippen molar-refractivity contribution in [2.45, 2.75) is 19.3 Å². The molecule has 0 saturated heterocycles. The van der Waals surface area contributed by atoms with Crippen LogP contribution in [0.25, 0.3) is 16.8 Å². The summed E-state index contributed by atoms with van der Waals surface area (Å²) in [4.78, 5) is 13.3. The van der Waals surface area contributed by atoms with Gasteiger partial charge in [-0.15, -0.1) is 0 Å². The molecule has 0 atom stereocenters. The summed E-state index contributed by atoms with van der Waals surface area (Å²) < 4.78 is 2.30. The van der Waals surface area contributed by atoms with Crippen LogP contribution in [0.3, 0.4) is 0 Å². The van der Waals surface area contributed by atoms with Gasteiger partial charge in [0.2, 0.25) is 0 Å². The van der Waals surface area contributed by atoms with Gasteiger partial charge in [0.15, 0.2) is 0 Å². The Bertz CT molecular complexity index is 1020. The molecule has 0 fully saturated rings. The molecule has 0 bridgehead atoms. The summed E-state index contributed by atoms with van der Waals surface area (Å²) in [6.45, 7) is 4.13. The third-order valence-electron chi connectivity index (χ3n) is 4.77. The number of para-hydroxylation sites is 1. The van der Waals surface area contributed by atoms with E-state index in [9.17, 15) is 9.90 Å². The largest absolute Gasteiger partial charge is 0.506 e. The summed E-state index contributed by atoms with van der Waals surface area (Å²) in [7, 11) is 0. The molecule has 0 aliphatic carbocycles. The van der Waals surface area contributed by atoms with Gasteiger partial charge >= 0.3 is 0 Å². The van der Waals surface area contributed by atoms with E-state index in [1.807, 2.05) is 54.6 Å². The summed E-state index contributed by atoms with van der Waals surface area (Å²) in [5.74, 6) is -0.00155. The minimum absolute atomic E-state index is 0.00155. The molecule has 1 aliphatic heterocycles. The first-order valence-electron chi connectivity index (χ1n) is 7.78. The maximum absolute atomic E-state index is 13.3. The van der Waals surface area contributed by atoms with Gasteiger partial charge in [-0.25, -0.2) is 0 Å². The standard InChI is InChI=1S/C20H16BrNO2/c1-20(2)13-10-6-7-11-14(13)22-18(20)16(21)17(23)15(19(22)24)12-8-4-3-5-9-12/h3-11,23H,1-2H3. The predicted octanol–water partition coefficient (Wildman–Crippen LogP) is 4.61. The molecule has 4 rings (SSSR count). The highest BCUT2D eigenvalue weighted by Gasteiger charge is 2.40. The number of nitrogens with zero attached hydrogens (tertiary/aromatic N) is 1. The third-order valence-corrected chi connectivity index (χ3v) is 5.52. The van der Waals surface area contributed by atoms with Crippen LogP contribution in [0.4, 0.5) is 0 Å². The van der Waals surface area contributed by atoms with Gasteiger partial charge in [-0.3, -0.25) is 9.36 Å². The Morgan fingerprint density at radius 2 is 1.62 bits per heavy atom. The zero-order chi connectivity index (χ0) is 17.1. The lowest BCUT2D eigenvalue weighted by molar-refractivity contribution is 0.467. The highest BCUT2D eigenvalue weighted by molar-refractivity contribution is 9.10. The van der Waals surface area contributed by atoms with Gasteiger partial charge in [0.1, 0.15) is 5.75 Å². The van der Waals surface area contributed by atoms with Gasteiger partial charge in [0.25, 0.3) is 5.56 Å². The Labute approximate surface area is 148 Å². The summed E-state index contributed by atoms with van der Waals surface area (Å²) >= 11 is 3.54. The van der Waals surface area contributed by atoms with Crippen LogP contribution in [-0.2, 0) is 5.41 Å². The number of rotatable bonds is 1. The second kappa shape index (κ2) is 5.08. The summed E-state index contributed by atoms with van der Waals surface area (Å²) in [5, 5.41) is 10.7. The van der Waals surface area contributed by atoms with Crippen molar-refractivity contribution in [2.75, 3.05) is 0 Å². The van der Waals surface area contributed by atoms with Gasteiger partial charge in [0.05, 0.1) is 21.4 Å². The maximum Gasteiger partial charge on any atom is 0.267 e. The fraction of sp³-hybridized carbons (Fsp3) is 0.150. The minimum Gasteiger partial charge on any atom is -0.506 e. The van der Waals surface area contributed by atoms with E-state index in [-0.39, 0.29) is 16.7 Å². The van der Waals surface area contributed by atoms with Gasteiger partial charge in [-0.2, -0.15) is 0 Å². The fourth-order valence-corrected chi connectivity index (χ4v) is 4.48. The Morgan fingerprint density at radius 3 is 2.33 bits per heavy atom. The Kier molecular flexibility index (Phi) is 3.22. The smallest absolute Gasteiger partial charge is 0.267 e. The van der Waals surface area contributed by atoms with E-state index < -0.39 is 0 Å². The maximum atomic E-state index is 13.3. The average molecular weight is 382 g/mol. The molecule has 0 radical (unpaired) electrons. The molecule has 120 valence electrons. The Hall–Kier alpha value is -2.33. The molecular formula is C20H16BrNO2. The first-order chi connectivity index (χ1) is 11.4. The normalized spacial score (nSPS) is 14.3. The van der Waals surface area contributed by atoms with Crippen LogP contribution in [0, 0.1) is 0 Å². The number of aromatic nitrogens is 1. The average Bonchev–Trinajstić information content (AvgIpc) is 2.82. The number of hydrogen-bond acceptors (Lipinski definition) is 2. The molecule has 0 unspecified atom stereocenters. The van der Waals surface area contributed by atoms with Crippen molar-refractivity contribution in [3.05, 3.63) is 80.7 Å². The number of benzene rings is 2. The topological polar surface area (TPSA) is 42.2 Å². The van der Waals surface area contributed by atoms with E-state index in [4.69, 9.17) is 0 Å². The van der Waals surface area contributed by atoms with Crippen LogP contribution >= 0.6 is 15.9 Å². The summed E-state index contributed by atoms with van der Waals surface area (Å²) in [5.41, 5.74) is 3.19. The molecule has 1 aliphatic rings. The second-order valence-electron chi connectivity index (χ2n) is 6.53. The van der Waals surface area contributed by atoms with Gasteiger partial charge in [-0.05, 0) is 33.1 Å². The highest BCUT2D eigenvalue weighted by atomic mass is 79.9. The number of aromatic hydroxyl groups is 1.